The van der Waals surface area contributed by atoms with Crippen LogP contribution in [0, 0.1) is 17.2 Å². The van der Waals surface area contributed by atoms with Gasteiger partial charge < -0.3 is 15.4 Å². The predicted octanol–water partition coefficient (Wildman–Crippen LogP) is 4.02. The molecule has 138 valence electrons. The number of halogens is 3. The molecular weight excluding hydrogens is 333 g/mol. The van der Waals surface area contributed by atoms with Crippen molar-refractivity contribution in [3.8, 4) is 5.75 Å². The lowest BCUT2D eigenvalue weighted by Gasteiger charge is -2.42. The first-order valence-electron chi connectivity index (χ1n) is 8.61. The fraction of sp³-hybridized carbons (Fsp3) is 0.611. The molecule has 2 amide bonds. The minimum absolute atomic E-state index is 0.00370. The van der Waals surface area contributed by atoms with Crippen LogP contribution < -0.4 is 15.4 Å². The molecule has 2 aliphatic rings. The van der Waals surface area contributed by atoms with Gasteiger partial charge in [-0.05, 0) is 54.7 Å². The maximum Gasteiger partial charge on any atom is 0.315 e. The molecule has 0 aliphatic heterocycles. The van der Waals surface area contributed by atoms with Crippen molar-refractivity contribution in [2.24, 2.45) is 11.3 Å². The highest BCUT2D eigenvalue weighted by Gasteiger charge is 2.49. The van der Waals surface area contributed by atoms with Crippen molar-refractivity contribution in [1.82, 2.24) is 10.6 Å². The van der Waals surface area contributed by atoms with Gasteiger partial charge in [0.2, 0.25) is 0 Å². The second kappa shape index (κ2) is 7.14. The Bertz CT molecular complexity index is 631. The van der Waals surface area contributed by atoms with Crippen LogP contribution >= 0.6 is 0 Å². The normalized spacial score (nSPS) is 19.9. The van der Waals surface area contributed by atoms with Crippen LogP contribution in [0.5, 0.6) is 5.75 Å². The van der Waals surface area contributed by atoms with Gasteiger partial charge in [0.1, 0.15) is 6.04 Å². The number of rotatable bonds is 7. The lowest BCUT2D eigenvalue weighted by molar-refractivity contribution is 0.0920. The van der Waals surface area contributed by atoms with E-state index < -0.39 is 24.3 Å². The summed E-state index contributed by atoms with van der Waals surface area (Å²) in [5.41, 5.74) is 0.160. The highest BCUT2D eigenvalue weighted by Crippen LogP contribution is 2.56. The van der Waals surface area contributed by atoms with Crippen molar-refractivity contribution in [1.29, 1.82) is 0 Å². The van der Waals surface area contributed by atoms with Gasteiger partial charge in [0.15, 0.2) is 11.6 Å². The largest absolute Gasteiger partial charge is 0.494 e. The van der Waals surface area contributed by atoms with E-state index in [1.165, 1.54) is 32.1 Å². The Morgan fingerprint density at radius 1 is 1.36 bits per heavy atom. The number of carbonyl (C=O) groups excluding carboxylic acids is 1. The zero-order valence-corrected chi connectivity index (χ0v) is 14.2. The molecule has 0 heterocycles. The van der Waals surface area contributed by atoms with Crippen LogP contribution in [0.3, 0.4) is 0 Å². The number of urea groups is 1. The van der Waals surface area contributed by atoms with Crippen LogP contribution in [0.2, 0.25) is 0 Å². The summed E-state index contributed by atoms with van der Waals surface area (Å²) < 4.78 is 45.3. The first-order valence-corrected chi connectivity index (χ1v) is 8.61. The number of alkyl halides is 2. The summed E-state index contributed by atoms with van der Waals surface area (Å²) in [5.74, 6) is -0.115. The van der Waals surface area contributed by atoms with Gasteiger partial charge in [0, 0.05) is 6.54 Å². The topological polar surface area (TPSA) is 50.4 Å². The van der Waals surface area contributed by atoms with E-state index in [-0.39, 0.29) is 16.7 Å². The van der Waals surface area contributed by atoms with E-state index >= 15 is 0 Å². The Hall–Kier alpha value is -1.92. The average molecular weight is 356 g/mol. The molecule has 7 heteroatoms. The summed E-state index contributed by atoms with van der Waals surface area (Å²) >= 11 is 0. The standard InChI is InChI=1S/C18H23F3N2O2/c1-25-14-6-3-11(9-13(14)19)15(16(20)21)23-17(24)22-10-18(7-2-8-18)12-4-5-12/h3,6,9,12,15-16H,2,4-5,7-8,10H2,1H3,(H2,22,23,24). The molecule has 1 unspecified atom stereocenters. The quantitative estimate of drug-likeness (QED) is 0.775. The maximum absolute atomic E-state index is 13.8. The summed E-state index contributed by atoms with van der Waals surface area (Å²) in [6.45, 7) is 0.510. The maximum atomic E-state index is 13.8. The number of hydrogen-bond acceptors (Lipinski definition) is 2. The Kier molecular flexibility index (Phi) is 5.11. The lowest BCUT2D eigenvalue weighted by Crippen LogP contribution is -2.48. The van der Waals surface area contributed by atoms with Gasteiger partial charge in [-0.15, -0.1) is 0 Å². The molecule has 1 aromatic carbocycles. The molecule has 1 aromatic rings. The fourth-order valence-electron chi connectivity index (χ4n) is 3.67. The number of methoxy groups -OCH3 is 1. The van der Waals surface area contributed by atoms with E-state index in [9.17, 15) is 18.0 Å². The Morgan fingerprint density at radius 2 is 2.08 bits per heavy atom. The van der Waals surface area contributed by atoms with Gasteiger partial charge in [0.25, 0.3) is 6.43 Å². The van der Waals surface area contributed by atoms with Crippen LogP contribution in [-0.2, 0) is 0 Å². The van der Waals surface area contributed by atoms with Crippen LogP contribution in [-0.4, -0.2) is 26.1 Å². The molecule has 2 fully saturated rings. The summed E-state index contributed by atoms with van der Waals surface area (Å²) in [5, 5.41) is 5.01. The van der Waals surface area contributed by atoms with Crippen molar-refractivity contribution in [2.45, 2.75) is 44.6 Å². The summed E-state index contributed by atoms with van der Waals surface area (Å²) in [4.78, 5) is 12.1. The third kappa shape index (κ3) is 3.85. The number of ether oxygens (including phenoxy) is 1. The van der Waals surface area contributed by atoms with Crippen LogP contribution in [0.4, 0.5) is 18.0 Å². The highest BCUT2D eigenvalue weighted by atomic mass is 19.3. The van der Waals surface area contributed by atoms with Gasteiger partial charge in [0.05, 0.1) is 7.11 Å². The van der Waals surface area contributed by atoms with Crippen LogP contribution in [0.1, 0.15) is 43.7 Å². The molecule has 25 heavy (non-hydrogen) atoms. The van der Waals surface area contributed by atoms with Crippen molar-refractivity contribution in [2.75, 3.05) is 13.7 Å². The number of amides is 2. The third-order valence-electron chi connectivity index (χ3n) is 5.47. The number of hydrogen-bond donors (Lipinski definition) is 2. The number of benzene rings is 1. The molecule has 2 N–H and O–H groups in total. The fourth-order valence-corrected chi connectivity index (χ4v) is 3.67. The highest BCUT2D eigenvalue weighted by molar-refractivity contribution is 5.74. The van der Waals surface area contributed by atoms with Gasteiger partial charge in [-0.3, -0.25) is 0 Å². The minimum atomic E-state index is -2.85. The molecule has 0 radical (unpaired) electrons. The molecule has 4 nitrogen and oxygen atoms in total. The minimum Gasteiger partial charge on any atom is -0.494 e. The molecule has 3 rings (SSSR count). The van der Waals surface area contributed by atoms with E-state index in [2.05, 4.69) is 10.6 Å². The summed E-state index contributed by atoms with van der Waals surface area (Å²) in [6.07, 6.45) is 2.85. The van der Waals surface area contributed by atoms with E-state index in [1.807, 2.05) is 0 Å². The van der Waals surface area contributed by atoms with Gasteiger partial charge >= 0.3 is 6.03 Å². The van der Waals surface area contributed by atoms with Crippen LogP contribution in [0.25, 0.3) is 0 Å². The van der Waals surface area contributed by atoms with Crippen molar-refractivity contribution >= 4 is 6.03 Å². The molecule has 1 atom stereocenters. The first-order chi connectivity index (χ1) is 11.9. The molecule has 0 aromatic heterocycles. The van der Waals surface area contributed by atoms with E-state index in [0.29, 0.717) is 12.5 Å². The number of carbonyl (C=O) groups is 1. The Balaban J connectivity index is 1.61. The van der Waals surface area contributed by atoms with E-state index in [1.54, 1.807) is 0 Å². The molecule has 2 aliphatic carbocycles. The molecule has 0 saturated heterocycles. The van der Waals surface area contributed by atoms with Gasteiger partial charge in [-0.2, -0.15) is 0 Å². The molecule has 0 spiro atoms. The zero-order valence-electron chi connectivity index (χ0n) is 14.2. The molecular formula is C18H23F3N2O2. The van der Waals surface area contributed by atoms with Gasteiger partial charge in [-0.1, -0.05) is 12.5 Å². The number of nitrogens with one attached hydrogen (secondary N) is 2. The van der Waals surface area contributed by atoms with E-state index in [4.69, 9.17) is 4.74 Å². The van der Waals surface area contributed by atoms with Crippen molar-refractivity contribution < 1.29 is 22.7 Å². The Labute approximate surface area is 145 Å². The molecule has 0 bridgehead atoms. The SMILES string of the molecule is COc1ccc(C(NC(=O)NCC2(C3CC3)CCC2)C(F)F)cc1F. The zero-order chi connectivity index (χ0) is 18.0. The predicted molar refractivity (Wildman–Crippen MR) is 87.2 cm³/mol. The van der Waals surface area contributed by atoms with E-state index in [0.717, 1.165) is 25.3 Å². The first kappa shape index (κ1) is 17.9. The third-order valence-corrected chi connectivity index (χ3v) is 5.47. The molecule has 2 saturated carbocycles. The summed E-state index contributed by atoms with van der Waals surface area (Å²) in [7, 11) is 1.30. The smallest absolute Gasteiger partial charge is 0.315 e. The summed E-state index contributed by atoms with van der Waals surface area (Å²) in [6, 6.07) is 1.35. The van der Waals surface area contributed by atoms with Crippen molar-refractivity contribution in [3.63, 3.8) is 0 Å². The van der Waals surface area contributed by atoms with Gasteiger partial charge in [-0.25, -0.2) is 18.0 Å². The second-order valence-electron chi connectivity index (χ2n) is 7.02. The van der Waals surface area contributed by atoms with Crippen molar-refractivity contribution in [3.05, 3.63) is 29.6 Å². The lowest BCUT2D eigenvalue weighted by atomic mass is 9.65. The second-order valence-corrected chi connectivity index (χ2v) is 7.02. The Morgan fingerprint density at radius 3 is 2.56 bits per heavy atom. The average Bonchev–Trinajstić information content (AvgIpc) is 3.36. The monoisotopic (exact) mass is 356 g/mol. The van der Waals surface area contributed by atoms with Crippen LogP contribution in [0.15, 0.2) is 18.2 Å².